The van der Waals surface area contributed by atoms with Crippen molar-refractivity contribution in [3.05, 3.63) is 35.4 Å². The molecular weight excluding hydrogens is 378 g/mol. The van der Waals surface area contributed by atoms with Crippen molar-refractivity contribution in [2.24, 2.45) is 11.8 Å². The maximum Gasteiger partial charge on any atom is 0.328 e. The van der Waals surface area contributed by atoms with Crippen LogP contribution in [-0.2, 0) is 34.0 Å². The van der Waals surface area contributed by atoms with Crippen LogP contribution < -0.4 is 5.32 Å². The molecular formula is C21H29NO7. The smallest absolute Gasteiger partial charge is 0.328 e. The Labute approximate surface area is 170 Å². The van der Waals surface area contributed by atoms with Crippen LogP contribution in [0.15, 0.2) is 24.3 Å². The number of hydrogen-bond donors (Lipinski definition) is 1. The highest BCUT2D eigenvalue weighted by molar-refractivity contribution is 5.99. The highest BCUT2D eigenvalue weighted by Crippen LogP contribution is 2.23. The molecule has 160 valence electrons. The predicted molar refractivity (Wildman–Crippen MR) is 105 cm³/mol. The zero-order chi connectivity index (χ0) is 22.4. The second-order valence-electron chi connectivity index (χ2n) is 7.68. The molecule has 1 aromatic rings. The summed E-state index contributed by atoms with van der Waals surface area (Å²) in [6.07, 6.45) is 0. The molecule has 0 radical (unpaired) electrons. The van der Waals surface area contributed by atoms with E-state index in [1.54, 1.807) is 12.1 Å². The number of hydrogen-bond acceptors (Lipinski definition) is 7. The molecule has 8 heteroatoms. The van der Waals surface area contributed by atoms with Crippen LogP contribution in [0.2, 0.25) is 0 Å². The summed E-state index contributed by atoms with van der Waals surface area (Å²) in [6.45, 7) is 7.62. The first-order valence-electron chi connectivity index (χ1n) is 9.12. The first-order chi connectivity index (χ1) is 13.5. The Morgan fingerprint density at radius 3 is 1.66 bits per heavy atom. The van der Waals surface area contributed by atoms with Crippen molar-refractivity contribution in [2.45, 2.75) is 39.2 Å². The number of benzene rings is 1. The van der Waals surface area contributed by atoms with Gasteiger partial charge in [-0.05, 0) is 23.1 Å². The molecule has 0 fully saturated rings. The van der Waals surface area contributed by atoms with Crippen molar-refractivity contribution >= 4 is 23.8 Å². The van der Waals surface area contributed by atoms with Crippen LogP contribution in [0, 0.1) is 11.8 Å². The summed E-state index contributed by atoms with van der Waals surface area (Å²) in [5.74, 6) is -5.46. The van der Waals surface area contributed by atoms with E-state index < -0.39 is 41.7 Å². The van der Waals surface area contributed by atoms with E-state index in [0.717, 1.165) is 26.9 Å². The quantitative estimate of drug-likeness (QED) is 0.417. The summed E-state index contributed by atoms with van der Waals surface area (Å²) < 4.78 is 14.1. The molecule has 8 nitrogen and oxygen atoms in total. The lowest BCUT2D eigenvalue weighted by Crippen LogP contribution is -2.51. The summed E-state index contributed by atoms with van der Waals surface area (Å²) in [5.41, 5.74) is 1.29. The van der Waals surface area contributed by atoms with Gasteiger partial charge < -0.3 is 19.5 Å². The van der Waals surface area contributed by atoms with Gasteiger partial charge in [-0.2, -0.15) is 0 Å². The molecule has 0 saturated heterocycles. The van der Waals surface area contributed by atoms with E-state index in [1.807, 2.05) is 12.1 Å². The van der Waals surface area contributed by atoms with Gasteiger partial charge in [0.15, 0.2) is 5.92 Å². The second-order valence-corrected chi connectivity index (χ2v) is 7.68. The number of carbonyl (C=O) groups is 4. The number of methoxy groups -OCH3 is 3. The Morgan fingerprint density at radius 1 is 0.828 bits per heavy atom. The molecule has 0 aliphatic heterocycles. The normalized spacial score (nSPS) is 13.2. The molecule has 0 spiro atoms. The van der Waals surface area contributed by atoms with Crippen molar-refractivity contribution in [1.29, 1.82) is 0 Å². The van der Waals surface area contributed by atoms with Gasteiger partial charge in [-0.25, -0.2) is 4.79 Å². The Kier molecular flexibility index (Phi) is 8.36. The minimum atomic E-state index is -1.40. The fourth-order valence-corrected chi connectivity index (χ4v) is 2.85. The molecule has 0 saturated carbocycles. The van der Waals surface area contributed by atoms with E-state index in [-0.39, 0.29) is 5.41 Å². The van der Waals surface area contributed by atoms with E-state index >= 15 is 0 Å². The van der Waals surface area contributed by atoms with Crippen molar-refractivity contribution in [1.82, 2.24) is 5.32 Å². The van der Waals surface area contributed by atoms with Gasteiger partial charge in [0.1, 0.15) is 6.04 Å². The molecule has 0 aliphatic carbocycles. The molecule has 2 atom stereocenters. The van der Waals surface area contributed by atoms with Gasteiger partial charge in [0.05, 0.1) is 21.3 Å². The Morgan fingerprint density at radius 2 is 1.28 bits per heavy atom. The number of ether oxygens (including phenoxy) is 3. The topological polar surface area (TPSA) is 108 Å². The average molecular weight is 407 g/mol. The predicted octanol–water partition coefficient (Wildman–Crippen LogP) is 1.85. The molecule has 1 N–H and O–H groups in total. The standard InChI is InChI=1S/C21H29NO7/c1-12(15(18(24)27-5)19(25)28-6)16(20(26)29-7)22-17(23)13-8-10-14(11-9-13)21(2,3)4/h8-12,15-16H,1-7H3,(H,22,23)/t12-,16+/m1/s1. The third kappa shape index (κ3) is 6.04. The lowest BCUT2D eigenvalue weighted by molar-refractivity contribution is -0.162. The second kappa shape index (κ2) is 10.0. The fourth-order valence-electron chi connectivity index (χ4n) is 2.85. The van der Waals surface area contributed by atoms with E-state index in [4.69, 9.17) is 4.74 Å². The first kappa shape index (κ1) is 24.1. The van der Waals surface area contributed by atoms with Crippen LogP contribution in [-0.4, -0.2) is 51.2 Å². The van der Waals surface area contributed by atoms with Gasteiger partial charge in [-0.3, -0.25) is 14.4 Å². The molecule has 1 rings (SSSR count). The van der Waals surface area contributed by atoms with Crippen LogP contribution >= 0.6 is 0 Å². The molecule has 0 heterocycles. The summed E-state index contributed by atoms with van der Waals surface area (Å²) >= 11 is 0. The fraction of sp³-hybridized carbons (Fsp3) is 0.524. The zero-order valence-corrected chi connectivity index (χ0v) is 17.9. The summed E-state index contributed by atoms with van der Waals surface area (Å²) in [4.78, 5) is 49.1. The largest absolute Gasteiger partial charge is 0.468 e. The first-order valence-corrected chi connectivity index (χ1v) is 9.12. The lowest BCUT2D eigenvalue weighted by atomic mass is 9.86. The molecule has 29 heavy (non-hydrogen) atoms. The minimum absolute atomic E-state index is 0.0771. The Bertz CT molecular complexity index is 733. The zero-order valence-electron chi connectivity index (χ0n) is 17.9. The van der Waals surface area contributed by atoms with Crippen LogP contribution in [0.1, 0.15) is 43.6 Å². The highest BCUT2D eigenvalue weighted by atomic mass is 16.5. The molecule has 0 unspecified atom stereocenters. The molecule has 1 aromatic carbocycles. The molecule has 0 aliphatic rings. The van der Waals surface area contributed by atoms with Gasteiger partial charge in [0, 0.05) is 11.5 Å². The van der Waals surface area contributed by atoms with Gasteiger partial charge in [0.25, 0.3) is 5.91 Å². The lowest BCUT2D eigenvalue weighted by Gasteiger charge is -2.27. The highest BCUT2D eigenvalue weighted by Gasteiger charge is 2.42. The van der Waals surface area contributed by atoms with Gasteiger partial charge in [0.2, 0.25) is 0 Å². The van der Waals surface area contributed by atoms with Crippen LogP contribution in [0.5, 0.6) is 0 Å². The van der Waals surface area contributed by atoms with Crippen molar-refractivity contribution < 1.29 is 33.4 Å². The molecule has 1 amide bonds. The van der Waals surface area contributed by atoms with E-state index in [9.17, 15) is 19.2 Å². The van der Waals surface area contributed by atoms with Crippen molar-refractivity contribution in [3.8, 4) is 0 Å². The maximum atomic E-state index is 12.7. The van der Waals surface area contributed by atoms with Crippen molar-refractivity contribution in [3.63, 3.8) is 0 Å². The molecule has 0 aromatic heterocycles. The maximum absolute atomic E-state index is 12.7. The number of carbonyl (C=O) groups excluding carboxylic acids is 4. The molecule has 0 bridgehead atoms. The van der Waals surface area contributed by atoms with Crippen LogP contribution in [0.3, 0.4) is 0 Å². The average Bonchev–Trinajstić information content (AvgIpc) is 2.70. The number of nitrogens with one attached hydrogen (secondary N) is 1. The third-order valence-corrected chi connectivity index (χ3v) is 4.72. The summed E-state index contributed by atoms with van der Waals surface area (Å²) in [6, 6.07) is 5.69. The van der Waals surface area contributed by atoms with E-state index in [1.165, 1.54) is 6.92 Å². The van der Waals surface area contributed by atoms with Crippen LogP contribution in [0.25, 0.3) is 0 Å². The van der Waals surface area contributed by atoms with Crippen molar-refractivity contribution in [2.75, 3.05) is 21.3 Å². The number of rotatable bonds is 7. The summed E-state index contributed by atoms with van der Waals surface area (Å²) in [5, 5.41) is 2.55. The van der Waals surface area contributed by atoms with Gasteiger partial charge >= 0.3 is 17.9 Å². The Hall–Kier alpha value is -2.90. The minimum Gasteiger partial charge on any atom is -0.468 e. The third-order valence-electron chi connectivity index (χ3n) is 4.72. The van der Waals surface area contributed by atoms with E-state index in [2.05, 4.69) is 35.6 Å². The van der Waals surface area contributed by atoms with Crippen LogP contribution in [0.4, 0.5) is 0 Å². The Balaban J connectivity index is 3.15. The van der Waals surface area contributed by atoms with Gasteiger partial charge in [-0.15, -0.1) is 0 Å². The number of amides is 1. The van der Waals surface area contributed by atoms with E-state index in [0.29, 0.717) is 5.56 Å². The monoisotopic (exact) mass is 407 g/mol. The SMILES string of the molecule is COC(=O)C(C(=O)OC)[C@@H](C)[C@H](NC(=O)c1ccc(C(C)(C)C)cc1)C(=O)OC. The van der Waals surface area contributed by atoms with Gasteiger partial charge in [-0.1, -0.05) is 39.8 Å². The summed E-state index contributed by atoms with van der Waals surface area (Å²) in [7, 11) is 3.39. The number of esters is 3.